The smallest absolute Gasteiger partial charge is 0.340 e. The second-order valence-electron chi connectivity index (χ2n) is 5.83. The zero-order chi connectivity index (χ0) is 18.7. The van der Waals surface area contributed by atoms with Crippen LogP contribution in [0.5, 0.6) is 0 Å². The first-order valence-corrected chi connectivity index (χ1v) is 9.48. The molecule has 10 heteroatoms. The molecule has 0 amide bonds. The number of carbonyl (C=O) groups excluding carboxylic acids is 1. The summed E-state index contributed by atoms with van der Waals surface area (Å²) in [5.74, 6) is -0.280. The minimum absolute atomic E-state index is 0.109. The lowest BCUT2D eigenvalue weighted by atomic mass is 10.1. The van der Waals surface area contributed by atoms with E-state index in [0.29, 0.717) is 43.4 Å². The average molecular weight is 381 g/mol. The number of anilines is 1. The Balaban J connectivity index is 1.88. The largest absolute Gasteiger partial charge is 0.454 e. The average Bonchev–Trinajstić information content (AvgIpc) is 3.04. The summed E-state index contributed by atoms with van der Waals surface area (Å²) >= 11 is 0. The number of nitrogens with zero attached hydrogens (tertiary/aromatic N) is 2. The molecule has 26 heavy (non-hydrogen) atoms. The van der Waals surface area contributed by atoms with Gasteiger partial charge in [-0.25, -0.2) is 18.4 Å². The molecule has 140 valence electrons. The highest BCUT2D eigenvalue weighted by Crippen LogP contribution is 2.26. The second-order valence-corrected chi connectivity index (χ2v) is 7.40. The summed E-state index contributed by atoms with van der Waals surface area (Å²) in [4.78, 5) is 14.4. The highest BCUT2D eigenvalue weighted by Gasteiger charge is 2.23. The van der Waals surface area contributed by atoms with Crippen LogP contribution in [0.2, 0.25) is 0 Å². The van der Waals surface area contributed by atoms with E-state index >= 15 is 0 Å². The lowest BCUT2D eigenvalue weighted by Crippen LogP contribution is -2.37. The molecule has 0 spiro atoms. The van der Waals surface area contributed by atoms with Crippen molar-refractivity contribution >= 4 is 21.7 Å². The maximum absolute atomic E-state index is 12.6. The van der Waals surface area contributed by atoms with Crippen LogP contribution in [0.1, 0.15) is 21.8 Å². The first-order valence-electron chi connectivity index (χ1n) is 7.93. The molecule has 2 aromatic rings. The van der Waals surface area contributed by atoms with Gasteiger partial charge in [0.25, 0.3) is 0 Å². The standard InChI is InChI=1S/C16H19N3O6S/c1-11-8-12(25-18-11)10-24-16(20)14-9-13(26(17,21)22)2-3-15(14)19-4-6-23-7-5-19/h2-3,8-9H,4-7,10H2,1H3,(H2,17,21,22). The number of esters is 1. The van der Waals surface area contributed by atoms with E-state index in [9.17, 15) is 13.2 Å². The van der Waals surface area contributed by atoms with Gasteiger partial charge < -0.3 is 18.9 Å². The highest BCUT2D eigenvalue weighted by molar-refractivity contribution is 7.89. The van der Waals surface area contributed by atoms with Gasteiger partial charge in [-0.15, -0.1) is 0 Å². The maximum atomic E-state index is 12.6. The number of benzene rings is 1. The lowest BCUT2D eigenvalue weighted by Gasteiger charge is -2.30. The Morgan fingerprint density at radius 3 is 2.65 bits per heavy atom. The number of primary sulfonamides is 1. The molecule has 0 aliphatic carbocycles. The number of ether oxygens (including phenoxy) is 2. The summed E-state index contributed by atoms with van der Waals surface area (Å²) in [5, 5.41) is 8.91. The first-order chi connectivity index (χ1) is 12.3. The molecule has 1 aromatic carbocycles. The zero-order valence-electron chi connectivity index (χ0n) is 14.2. The molecule has 1 aliphatic heterocycles. The Morgan fingerprint density at radius 1 is 1.31 bits per heavy atom. The molecule has 3 rings (SSSR count). The number of hydrogen-bond donors (Lipinski definition) is 1. The maximum Gasteiger partial charge on any atom is 0.340 e. The van der Waals surface area contributed by atoms with Crippen molar-refractivity contribution in [3.63, 3.8) is 0 Å². The summed E-state index contributed by atoms with van der Waals surface area (Å²) in [5.41, 5.74) is 1.36. The number of nitrogens with two attached hydrogens (primary N) is 1. The third kappa shape index (κ3) is 4.21. The van der Waals surface area contributed by atoms with E-state index in [2.05, 4.69) is 5.16 Å². The fourth-order valence-electron chi connectivity index (χ4n) is 2.63. The zero-order valence-corrected chi connectivity index (χ0v) is 15.0. The molecule has 0 saturated carbocycles. The molecule has 2 N–H and O–H groups in total. The van der Waals surface area contributed by atoms with E-state index in [1.807, 2.05) is 4.90 Å². The molecule has 0 bridgehead atoms. The van der Waals surface area contributed by atoms with Crippen LogP contribution in [0.25, 0.3) is 0 Å². The van der Waals surface area contributed by atoms with Crippen molar-refractivity contribution in [1.29, 1.82) is 0 Å². The van der Waals surface area contributed by atoms with Gasteiger partial charge in [0, 0.05) is 19.2 Å². The predicted molar refractivity (Wildman–Crippen MR) is 91.2 cm³/mol. The van der Waals surface area contributed by atoms with Crippen LogP contribution in [0.4, 0.5) is 5.69 Å². The van der Waals surface area contributed by atoms with Crippen LogP contribution < -0.4 is 10.0 Å². The highest BCUT2D eigenvalue weighted by atomic mass is 32.2. The molecule has 9 nitrogen and oxygen atoms in total. The minimum Gasteiger partial charge on any atom is -0.454 e. The molecule has 0 unspecified atom stereocenters. The van der Waals surface area contributed by atoms with Gasteiger partial charge in [-0.3, -0.25) is 0 Å². The predicted octanol–water partition coefficient (Wildman–Crippen LogP) is 0.824. The molecule has 1 saturated heterocycles. The molecule has 0 atom stereocenters. The van der Waals surface area contributed by atoms with Crippen molar-refractivity contribution in [3.8, 4) is 0 Å². The quantitative estimate of drug-likeness (QED) is 0.755. The normalized spacial score (nSPS) is 15.1. The SMILES string of the molecule is Cc1cc(COC(=O)c2cc(S(N)(=O)=O)ccc2N2CCOCC2)on1. The minimum atomic E-state index is -3.95. The molecule has 0 radical (unpaired) electrons. The Hall–Kier alpha value is -2.43. The second kappa shape index (κ2) is 7.44. The number of sulfonamides is 1. The fourth-order valence-corrected chi connectivity index (χ4v) is 3.17. The number of rotatable bonds is 5. The van der Waals surface area contributed by atoms with E-state index in [1.54, 1.807) is 19.1 Å². The van der Waals surface area contributed by atoms with Crippen LogP contribution in [0, 0.1) is 6.92 Å². The Morgan fingerprint density at radius 2 is 2.04 bits per heavy atom. The van der Waals surface area contributed by atoms with E-state index in [0.717, 1.165) is 0 Å². The van der Waals surface area contributed by atoms with Gasteiger partial charge in [0.2, 0.25) is 10.0 Å². The number of carbonyl (C=O) groups is 1. The molecular formula is C16H19N3O6S. The molecule has 1 aromatic heterocycles. The van der Waals surface area contributed by atoms with Gasteiger partial charge in [0.15, 0.2) is 12.4 Å². The van der Waals surface area contributed by atoms with Crippen LogP contribution in [0.15, 0.2) is 33.7 Å². The van der Waals surface area contributed by atoms with Crippen molar-refractivity contribution in [2.75, 3.05) is 31.2 Å². The van der Waals surface area contributed by atoms with Crippen molar-refractivity contribution in [2.45, 2.75) is 18.4 Å². The number of hydrogen-bond acceptors (Lipinski definition) is 8. The van der Waals surface area contributed by atoms with Gasteiger partial charge in [0.05, 0.1) is 35.1 Å². The summed E-state index contributed by atoms with van der Waals surface area (Å²) in [7, 11) is -3.95. The Labute approximate surface area is 150 Å². The number of aromatic nitrogens is 1. The molecule has 2 heterocycles. The van der Waals surface area contributed by atoms with Crippen molar-refractivity contribution in [1.82, 2.24) is 5.16 Å². The van der Waals surface area contributed by atoms with Gasteiger partial charge in [0.1, 0.15) is 0 Å². The topological polar surface area (TPSA) is 125 Å². The monoisotopic (exact) mass is 381 g/mol. The Bertz CT molecular complexity index is 902. The molecule has 1 fully saturated rings. The van der Waals surface area contributed by atoms with Crippen LogP contribution in [0.3, 0.4) is 0 Å². The van der Waals surface area contributed by atoms with E-state index in [-0.39, 0.29) is 17.1 Å². The van der Waals surface area contributed by atoms with Crippen molar-refractivity contribution in [3.05, 3.63) is 41.3 Å². The number of aryl methyl sites for hydroxylation is 1. The van der Waals surface area contributed by atoms with Crippen LogP contribution >= 0.6 is 0 Å². The lowest BCUT2D eigenvalue weighted by molar-refractivity contribution is 0.0437. The van der Waals surface area contributed by atoms with Crippen molar-refractivity contribution < 1.29 is 27.2 Å². The van der Waals surface area contributed by atoms with Gasteiger partial charge in [-0.1, -0.05) is 5.16 Å². The summed E-state index contributed by atoms with van der Waals surface area (Å²) in [6.07, 6.45) is 0. The van der Waals surface area contributed by atoms with Crippen LogP contribution in [-0.4, -0.2) is 45.8 Å². The van der Waals surface area contributed by atoms with E-state index in [4.69, 9.17) is 19.1 Å². The van der Waals surface area contributed by atoms with Gasteiger partial charge in [-0.2, -0.15) is 0 Å². The van der Waals surface area contributed by atoms with Crippen LogP contribution in [-0.2, 0) is 26.1 Å². The molecular weight excluding hydrogens is 362 g/mol. The number of morpholine rings is 1. The third-order valence-corrected chi connectivity index (χ3v) is 4.80. The third-order valence-electron chi connectivity index (χ3n) is 3.89. The summed E-state index contributed by atoms with van der Waals surface area (Å²) in [6.45, 7) is 3.83. The Kier molecular flexibility index (Phi) is 5.25. The van der Waals surface area contributed by atoms with Gasteiger partial charge in [-0.05, 0) is 25.1 Å². The summed E-state index contributed by atoms with van der Waals surface area (Å²) in [6, 6.07) is 5.81. The van der Waals surface area contributed by atoms with Gasteiger partial charge >= 0.3 is 5.97 Å². The van der Waals surface area contributed by atoms with Crippen molar-refractivity contribution in [2.24, 2.45) is 5.14 Å². The van der Waals surface area contributed by atoms with E-state index in [1.165, 1.54) is 12.1 Å². The fraction of sp³-hybridized carbons (Fsp3) is 0.375. The molecule has 1 aliphatic rings. The summed E-state index contributed by atoms with van der Waals surface area (Å²) < 4.78 is 38.9. The van der Waals surface area contributed by atoms with E-state index < -0.39 is 16.0 Å². The first kappa shape index (κ1) is 18.4.